The maximum Gasteiger partial charge on any atom is 0.188 e. The Kier molecular flexibility index (Phi) is 3.27. The summed E-state index contributed by atoms with van der Waals surface area (Å²) in [6.45, 7) is 4.65. The number of tetrazole rings is 1. The molecule has 0 bridgehead atoms. The molecule has 1 aliphatic heterocycles. The van der Waals surface area contributed by atoms with Crippen molar-refractivity contribution in [1.82, 2.24) is 25.5 Å². The molecule has 1 aliphatic rings. The zero-order valence-corrected chi connectivity index (χ0v) is 9.18. The van der Waals surface area contributed by atoms with Crippen LogP contribution >= 0.6 is 0 Å². The Hall–Kier alpha value is -1.01. The van der Waals surface area contributed by atoms with Crippen LogP contribution in [0.2, 0.25) is 0 Å². The molecule has 2 atom stereocenters. The van der Waals surface area contributed by atoms with Crippen LogP contribution in [0.3, 0.4) is 0 Å². The molecule has 1 saturated heterocycles. The van der Waals surface area contributed by atoms with Crippen molar-refractivity contribution in [3.05, 3.63) is 5.82 Å². The molecule has 0 aliphatic carbocycles. The third kappa shape index (κ3) is 2.73. The lowest BCUT2D eigenvalue weighted by Crippen LogP contribution is -2.27. The standard InChI is InChI=1S/C9H17N5O/c1-7-8(3-4-15-7)5-10-6-9-11-13-14(2)12-9/h7-8,10H,3-6H2,1-2H3. The van der Waals surface area contributed by atoms with E-state index in [9.17, 15) is 0 Å². The molecule has 0 saturated carbocycles. The average Bonchev–Trinajstić information content (AvgIpc) is 2.77. The van der Waals surface area contributed by atoms with Crippen molar-refractivity contribution in [3.63, 3.8) is 0 Å². The molecule has 2 unspecified atom stereocenters. The number of hydrogen-bond donors (Lipinski definition) is 1. The highest BCUT2D eigenvalue weighted by Gasteiger charge is 2.23. The second-order valence-electron chi connectivity index (χ2n) is 3.95. The number of nitrogens with zero attached hydrogens (tertiary/aromatic N) is 4. The average molecular weight is 211 g/mol. The molecule has 1 N–H and O–H groups in total. The van der Waals surface area contributed by atoms with E-state index in [1.165, 1.54) is 4.80 Å². The van der Waals surface area contributed by atoms with E-state index in [0.29, 0.717) is 18.6 Å². The summed E-state index contributed by atoms with van der Waals surface area (Å²) in [6, 6.07) is 0. The van der Waals surface area contributed by atoms with Gasteiger partial charge in [-0.3, -0.25) is 0 Å². The van der Waals surface area contributed by atoms with Crippen LogP contribution in [0.4, 0.5) is 0 Å². The summed E-state index contributed by atoms with van der Waals surface area (Å²) in [6.07, 6.45) is 1.51. The van der Waals surface area contributed by atoms with Gasteiger partial charge >= 0.3 is 0 Å². The largest absolute Gasteiger partial charge is 0.378 e. The topological polar surface area (TPSA) is 64.9 Å². The van der Waals surface area contributed by atoms with Gasteiger partial charge in [0.25, 0.3) is 0 Å². The fourth-order valence-corrected chi connectivity index (χ4v) is 1.81. The molecule has 2 rings (SSSR count). The van der Waals surface area contributed by atoms with Crippen LogP contribution in [0.5, 0.6) is 0 Å². The molecule has 2 heterocycles. The molecule has 1 aromatic rings. The van der Waals surface area contributed by atoms with Crippen molar-refractivity contribution in [2.24, 2.45) is 13.0 Å². The van der Waals surface area contributed by atoms with Crippen LogP contribution in [-0.2, 0) is 18.3 Å². The minimum atomic E-state index is 0.368. The second kappa shape index (κ2) is 4.67. The predicted octanol–water partition coefficient (Wildman–Crippen LogP) is -0.275. The SMILES string of the molecule is CC1OCCC1CNCc1nnn(C)n1. The van der Waals surface area contributed by atoms with Crippen LogP contribution in [0.15, 0.2) is 0 Å². The summed E-state index contributed by atoms with van der Waals surface area (Å²) in [4.78, 5) is 1.47. The number of ether oxygens (including phenoxy) is 1. The van der Waals surface area contributed by atoms with Crippen LogP contribution in [0.1, 0.15) is 19.2 Å². The first-order valence-electron chi connectivity index (χ1n) is 5.31. The molecular formula is C9H17N5O. The first kappa shape index (κ1) is 10.5. The zero-order valence-electron chi connectivity index (χ0n) is 9.18. The van der Waals surface area contributed by atoms with Crippen LogP contribution < -0.4 is 5.32 Å². The third-order valence-electron chi connectivity index (χ3n) is 2.77. The highest BCUT2D eigenvalue weighted by atomic mass is 16.5. The molecule has 6 heteroatoms. The molecule has 84 valence electrons. The van der Waals surface area contributed by atoms with E-state index in [0.717, 1.165) is 25.4 Å². The van der Waals surface area contributed by atoms with E-state index in [1.807, 2.05) is 0 Å². The fraction of sp³-hybridized carbons (Fsp3) is 0.889. The second-order valence-corrected chi connectivity index (χ2v) is 3.95. The van der Waals surface area contributed by atoms with Gasteiger partial charge in [0.05, 0.1) is 19.7 Å². The van der Waals surface area contributed by atoms with Crippen molar-refractivity contribution in [2.45, 2.75) is 26.0 Å². The van der Waals surface area contributed by atoms with Gasteiger partial charge in [-0.2, -0.15) is 4.80 Å². The van der Waals surface area contributed by atoms with E-state index in [1.54, 1.807) is 7.05 Å². The maximum absolute atomic E-state index is 5.48. The van der Waals surface area contributed by atoms with Crippen molar-refractivity contribution >= 4 is 0 Å². The van der Waals surface area contributed by atoms with Crippen molar-refractivity contribution in [1.29, 1.82) is 0 Å². The Morgan fingerprint density at radius 2 is 2.47 bits per heavy atom. The summed E-state index contributed by atoms with van der Waals surface area (Å²) < 4.78 is 5.48. The molecule has 0 aromatic carbocycles. The number of hydrogen-bond acceptors (Lipinski definition) is 5. The molecular weight excluding hydrogens is 194 g/mol. The van der Waals surface area contributed by atoms with E-state index < -0.39 is 0 Å². The van der Waals surface area contributed by atoms with Gasteiger partial charge in [0.2, 0.25) is 0 Å². The van der Waals surface area contributed by atoms with Gasteiger partial charge in [0.1, 0.15) is 0 Å². The minimum absolute atomic E-state index is 0.368. The lowest BCUT2D eigenvalue weighted by Gasteiger charge is -2.13. The van der Waals surface area contributed by atoms with Gasteiger partial charge in [-0.1, -0.05) is 0 Å². The van der Waals surface area contributed by atoms with E-state index in [-0.39, 0.29) is 0 Å². The third-order valence-corrected chi connectivity index (χ3v) is 2.77. The fourth-order valence-electron chi connectivity index (χ4n) is 1.81. The quantitative estimate of drug-likeness (QED) is 0.742. The Bertz CT molecular complexity index is 313. The Morgan fingerprint density at radius 3 is 3.07 bits per heavy atom. The number of nitrogens with one attached hydrogen (secondary N) is 1. The number of aromatic nitrogens is 4. The van der Waals surface area contributed by atoms with Gasteiger partial charge in [-0.15, -0.1) is 10.2 Å². The first-order chi connectivity index (χ1) is 7.25. The van der Waals surface area contributed by atoms with Crippen molar-refractivity contribution < 1.29 is 4.74 Å². The van der Waals surface area contributed by atoms with E-state index in [4.69, 9.17) is 4.74 Å². The lowest BCUT2D eigenvalue weighted by atomic mass is 10.0. The number of rotatable bonds is 4. The Morgan fingerprint density at radius 1 is 1.60 bits per heavy atom. The molecule has 1 fully saturated rings. The zero-order chi connectivity index (χ0) is 10.7. The van der Waals surface area contributed by atoms with Crippen molar-refractivity contribution in [3.8, 4) is 0 Å². The predicted molar refractivity (Wildman–Crippen MR) is 54.0 cm³/mol. The molecule has 15 heavy (non-hydrogen) atoms. The first-order valence-corrected chi connectivity index (χ1v) is 5.31. The van der Waals surface area contributed by atoms with Crippen LogP contribution in [0, 0.1) is 5.92 Å². The molecule has 0 spiro atoms. The van der Waals surface area contributed by atoms with Crippen LogP contribution in [0.25, 0.3) is 0 Å². The summed E-state index contributed by atoms with van der Waals surface area (Å²) >= 11 is 0. The summed E-state index contributed by atoms with van der Waals surface area (Å²) in [5.41, 5.74) is 0. The van der Waals surface area contributed by atoms with Gasteiger partial charge in [0.15, 0.2) is 5.82 Å². The van der Waals surface area contributed by atoms with E-state index >= 15 is 0 Å². The highest BCUT2D eigenvalue weighted by molar-refractivity contribution is 4.78. The summed E-state index contributed by atoms with van der Waals surface area (Å²) in [5.74, 6) is 1.35. The normalized spacial score (nSPS) is 26.0. The van der Waals surface area contributed by atoms with Crippen LogP contribution in [-0.4, -0.2) is 39.5 Å². The van der Waals surface area contributed by atoms with Gasteiger partial charge in [-0.25, -0.2) is 0 Å². The lowest BCUT2D eigenvalue weighted by molar-refractivity contribution is 0.105. The smallest absolute Gasteiger partial charge is 0.188 e. The Labute approximate surface area is 89.0 Å². The molecule has 6 nitrogen and oxygen atoms in total. The Balaban J connectivity index is 1.70. The highest BCUT2D eigenvalue weighted by Crippen LogP contribution is 2.19. The van der Waals surface area contributed by atoms with E-state index in [2.05, 4.69) is 27.7 Å². The summed E-state index contributed by atoms with van der Waals surface area (Å²) in [7, 11) is 1.77. The minimum Gasteiger partial charge on any atom is -0.378 e. The van der Waals surface area contributed by atoms with Crippen molar-refractivity contribution in [2.75, 3.05) is 13.2 Å². The maximum atomic E-state index is 5.48. The molecule has 0 amide bonds. The van der Waals surface area contributed by atoms with Gasteiger partial charge in [-0.05, 0) is 24.5 Å². The molecule has 1 aromatic heterocycles. The van der Waals surface area contributed by atoms with Gasteiger partial charge in [0, 0.05) is 13.2 Å². The summed E-state index contributed by atoms with van der Waals surface area (Å²) in [5, 5.41) is 15.1. The number of aryl methyl sites for hydroxylation is 1. The monoisotopic (exact) mass is 211 g/mol. The molecule has 0 radical (unpaired) electrons. The van der Waals surface area contributed by atoms with Gasteiger partial charge < -0.3 is 10.1 Å².